The van der Waals surface area contributed by atoms with Crippen LogP contribution in [0.1, 0.15) is 309 Å². The van der Waals surface area contributed by atoms with E-state index in [1.54, 1.807) is 0 Å². The maximum Gasteiger partial charge on any atom is 0.305 e. The van der Waals surface area contributed by atoms with Crippen LogP contribution in [0.15, 0.2) is 0 Å². The third-order valence-electron chi connectivity index (χ3n) is 12.9. The summed E-state index contributed by atoms with van der Waals surface area (Å²) < 4.78 is 5.48. The Morgan fingerprint density at radius 1 is 0.400 bits per heavy atom. The topological polar surface area (TPSA) is 95.9 Å². The van der Waals surface area contributed by atoms with Crippen LogP contribution in [0.25, 0.3) is 0 Å². The molecule has 1 amide bonds. The monoisotopic (exact) mass is 850 g/mol. The molecule has 2 atom stereocenters. The van der Waals surface area contributed by atoms with E-state index in [0.29, 0.717) is 25.9 Å². The van der Waals surface area contributed by atoms with Gasteiger partial charge in [-0.1, -0.05) is 271 Å². The highest BCUT2D eigenvalue weighted by Crippen LogP contribution is 2.17. The summed E-state index contributed by atoms with van der Waals surface area (Å²) in [5.74, 6) is -0.0340. The number of rotatable bonds is 51. The Morgan fingerprint density at radius 2 is 0.683 bits per heavy atom. The molecule has 0 aromatic rings. The van der Waals surface area contributed by atoms with E-state index in [2.05, 4.69) is 19.2 Å². The Balaban J connectivity index is 3.39. The van der Waals surface area contributed by atoms with Gasteiger partial charge in [-0.25, -0.2) is 0 Å². The smallest absolute Gasteiger partial charge is 0.305 e. The molecule has 0 heterocycles. The van der Waals surface area contributed by atoms with E-state index in [9.17, 15) is 19.8 Å². The largest absolute Gasteiger partial charge is 0.466 e. The quantitative estimate of drug-likeness (QED) is 0.0418. The molecule has 0 saturated heterocycles. The molecule has 0 aliphatic carbocycles. The van der Waals surface area contributed by atoms with Crippen LogP contribution in [-0.4, -0.2) is 47.4 Å². The van der Waals surface area contributed by atoms with Crippen molar-refractivity contribution in [2.45, 2.75) is 321 Å². The Morgan fingerprint density at radius 3 is 1.02 bits per heavy atom. The second-order valence-corrected chi connectivity index (χ2v) is 18.9. The van der Waals surface area contributed by atoms with Gasteiger partial charge in [-0.05, 0) is 25.7 Å². The molecule has 0 spiro atoms. The molecule has 0 saturated carbocycles. The Labute approximate surface area is 375 Å². The lowest BCUT2D eigenvalue weighted by molar-refractivity contribution is -0.143. The van der Waals surface area contributed by atoms with Crippen molar-refractivity contribution in [3.63, 3.8) is 0 Å². The van der Waals surface area contributed by atoms with Crippen LogP contribution in [0.4, 0.5) is 0 Å². The fourth-order valence-corrected chi connectivity index (χ4v) is 8.70. The number of aliphatic hydroxyl groups is 2. The van der Waals surface area contributed by atoms with Gasteiger partial charge in [-0.2, -0.15) is 0 Å². The molecule has 0 aromatic heterocycles. The number of hydrogen-bond acceptors (Lipinski definition) is 5. The third-order valence-corrected chi connectivity index (χ3v) is 12.9. The molecule has 0 radical (unpaired) electrons. The van der Waals surface area contributed by atoms with Gasteiger partial charge in [-0.3, -0.25) is 9.59 Å². The minimum Gasteiger partial charge on any atom is -0.466 e. The molecule has 358 valence electrons. The highest BCUT2D eigenvalue weighted by atomic mass is 16.5. The van der Waals surface area contributed by atoms with Gasteiger partial charge in [0.15, 0.2) is 0 Å². The first kappa shape index (κ1) is 58.9. The minimum atomic E-state index is -0.666. The number of ether oxygens (including phenoxy) is 1. The number of unbranched alkanes of at least 4 members (excludes halogenated alkanes) is 40. The molecule has 0 rings (SSSR count). The van der Waals surface area contributed by atoms with Crippen molar-refractivity contribution in [1.29, 1.82) is 0 Å². The van der Waals surface area contributed by atoms with E-state index in [0.717, 1.165) is 38.5 Å². The zero-order valence-electron chi connectivity index (χ0n) is 40.7. The summed E-state index contributed by atoms with van der Waals surface area (Å²) in [5.41, 5.74) is 0. The summed E-state index contributed by atoms with van der Waals surface area (Å²) in [5, 5.41) is 23.2. The van der Waals surface area contributed by atoms with Crippen LogP contribution >= 0.6 is 0 Å². The summed E-state index contributed by atoms with van der Waals surface area (Å²) in [6, 6.07) is -0.544. The van der Waals surface area contributed by atoms with Crippen molar-refractivity contribution in [2.75, 3.05) is 13.2 Å². The molecule has 0 aromatic carbocycles. The van der Waals surface area contributed by atoms with Gasteiger partial charge < -0.3 is 20.3 Å². The Kier molecular flexibility index (Phi) is 49.5. The summed E-state index contributed by atoms with van der Waals surface area (Å²) in [4.78, 5) is 24.5. The van der Waals surface area contributed by atoms with E-state index in [1.165, 1.54) is 238 Å². The molecule has 0 aliphatic heterocycles. The molecular weight excluding hydrogens is 743 g/mol. The Bertz CT molecular complexity index is 852. The lowest BCUT2D eigenvalue weighted by Crippen LogP contribution is -2.45. The predicted octanol–water partition coefficient (Wildman–Crippen LogP) is 16.4. The molecule has 2 unspecified atom stereocenters. The number of carbonyl (C=O) groups is 2. The molecule has 0 bridgehead atoms. The SMILES string of the molecule is CCCCCCCCCCCCCCCCCC(=O)OCCCCCCCCCCCCCCCCCCC(=O)NC(CO)C(O)CCCCCCCCCCCCCC. The van der Waals surface area contributed by atoms with E-state index in [-0.39, 0.29) is 18.5 Å². The third kappa shape index (κ3) is 46.4. The van der Waals surface area contributed by atoms with Crippen LogP contribution in [0.3, 0.4) is 0 Å². The molecule has 0 fully saturated rings. The first-order valence-corrected chi connectivity index (χ1v) is 27.3. The van der Waals surface area contributed by atoms with Gasteiger partial charge in [-0.15, -0.1) is 0 Å². The molecule has 60 heavy (non-hydrogen) atoms. The highest BCUT2D eigenvalue weighted by Gasteiger charge is 2.20. The average Bonchev–Trinajstić information content (AvgIpc) is 3.25. The lowest BCUT2D eigenvalue weighted by atomic mass is 10.0. The summed E-state index contributed by atoms with van der Waals surface area (Å²) in [6.07, 6.45) is 56.5. The number of nitrogens with one attached hydrogen (secondary N) is 1. The van der Waals surface area contributed by atoms with Crippen LogP contribution in [0, 0.1) is 0 Å². The molecular formula is C54H107NO5. The molecule has 3 N–H and O–H groups in total. The number of hydrogen-bond donors (Lipinski definition) is 3. The molecule has 0 aliphatic rings. The first-order chi connectivity index (χ1) is 29.5. The maximum atomic E-state index is 12.4. The van der Waals surface area contributed by atoms with Crippen molar-refractivity contribution in [3.8, 4) is 0 Å². The summed E-state index contributed by atoms with van der Waals surface area (Å²) >= 11 is 0. The van der Waals surface area contributed by atoms with E-state index < -0.39 is 12.1 Å². The first-order valence-electron chi connectivity index (χ1n) is 27.3. The minimum absolute atomic E-state index is 0.00665. The zero-order chi connectivity index (χ0) is 43.7. The highest BCUT2D eigenvalue weighted by molar-refractivity contribution is 5.76. The second-order valence-electron chi connectivity index (χ2n) is 18.9. The van der Waals surface area contributed by atoms with Gasteiger partial charge in [0.2, 0.25) is 5.91 Å². The molecule has 6 heteroatoms. The fraction of sp³-hybridized carbons (Fsp3) is 0.963. The second kappa shape index (κ2) is 50.5. The van der Waals surface area contributed by atoms with E-state index in [4.69, 9.17) is 4.74 Å². The van der Waals surface area contributed by atoms with Crippen LogP contribution in [0.5, 0.6) is 0 Å². The average molecular weight is 850 g/mol. The van der Waals surface area contributed by atoms with Crippen LogP contribution in [0.2, 0.25) is 0 Å². The van der Waals surface area contributed by atoms with Gasteiger partial charge in [0, 0.05) is 12.8 Å². The van der Waals surface area contributed by atoms with Crippen molar-refractivity contribution < 1.29 is 24.5 Å². The number of carbonyl (C=O) groups excluding carboxylic acids is 2. The zero-order valence-corrected chi connectivity index (χ0v) is 40.7. The Hall–Kier alpha value is -1.14. The van der Waals surface area contributed by atoms with Gasteiger partial charge in [0.1, 0.15) is 0 Å². The number of esters is 1. The summed E-state index contributed by atoms with van der Waals surface area (Å²) in [6.45, 7) is 4.95. The van der Waals surface area contributed by atoms with Crippen molar-refractivity contribution in [3.05, 3.63) is 0 Å². The van der Waals surface area contributed by atoms with Crippen molar-refractivity contribution in [1.82, 2.24) is 5.32 Å². The summed E-state index contributed by atoms with van der Waals surface area (Å²) in [7, 11) is 0. The standard InChI is InChI=1S/C54H107NO5/c1-3-5-7-9-11-13-15-17-20-24-28-32-36-40-44-48-54(59)60-49-45-41-37-33-29-25-22-19-18-21-23-27-31-35-39-43-47-53(58)55-51(50-56)52(57)46-42-38-34-30-26-16-14-12-10-8-6-4-2/h51-52,56-57H,3-50H2,1-2H3,(H,55,58). The van der Waals surface area contributed by atoms with Gasteiger partial charge in [0.25, 0.3) is 0 Å². The van der Waals surface area contributed by atoms with E-state index >= 15 is 0 Å². The van der Waals surface area contributed by atoms with Gasteiger partial charge >= 0.3 is 5.97 Å². The van der Waals surface area contributed by atoms with E-state index in [1.807, 2.05) is 0 Å². The van der Waals surface area contributed by atoms with Crippen molar-refractivity contribution >= 4 is 11.9 Å². The number of aliphatic hydroxyl groups excluding tert-OH is 2. The van der Waals surface area contributed by atoms with Crippen molar-refractivity contribution in [2.24, 2.45) is 0 Å². The fourth-order valence-electron chi connectivity index (χ4n) is 8.70. The van der Waals surface area contributed by atoms with Gasteiger partial charge in [0.05, 0.1) is 25.4 Å². The normalized spacial score (nSPS) is 12.5. The number of amides is 1. The van der Waals surface area contributed by atoms with Crippen LogP contribution < -0.4 is 5.32 Å². The maximum absolute atomic E-state index is 12.4. The molecule has 6 nitrogen and oxygen atoms in total. The predicted molar refractivity (Wildman–Crippen MR) is 260 cm³/mol. The lowest BCUT2D eigenvalue weighted by Gasteiger charge is -2.22. The van der Waals surface area contributed by atoms with Crippen LogP contribution in [-0.2, 0) is 14.3 Å².